The summed E-state index contributed by atoms with van der Waals surface area (Å²) < 4.78 is 5.16. The predicted molar refractivity (Wildman–Crippen MR) is 55.4 cm³/mol. The SMILES string of the molecule is CC(=O)C1=C(OC(=O)C2CC2)CCCC1=O. The van der Waals surface area contributed by atoms with E-state index in [4.69, 9.17) is 4.74 Å². The third kappa shape index (κ3) is 2.21. The zero-order valence-electron chi connectivity index (χ0n) is 9.25. The van der Waals surface area contributed by atoms with Gasteiger partial charge in [-0.1, -0.05) is 0 Å². The van der Waals surface area contributed by atoms with Crippen LogP contribution in [0.5, 0.6) is 0 Å². The first-order valence-corrected chi connectivity index (χ1v) is 5.58. The number of carbonyl (C=O) groups excluding carboxylic acids is 3. The van der Waals surface area contributed by atoms with Gasteiger partial charge in [0.1, 0.15) is 5.76 Å². The zero-order valence-corrected chi connectivity index (χ0v) is 9.25. The van der Waals surface area contributed by atoms with Crippen molar-refractivity contribution < 1.29 is 19.1 Å². The quantitative estimate of drug-likeness (QED) is 0.536. The lowest BCUT2D eigenvalue weighted by Gasteiger charge is -2.16. The van der Waals surface area contributed by atoms with Gasteiger partial charge in [-0.2, -0.15) is 0 Å². The monoisotopic (exact) mass is 222 g/mol. The Bertz CT molecular complexity index is 388. The van der Waals surface area contributed by atoms with Crippen LogP contribution in [0.4, 0.5) is 0 Å². The van der Waals surface area contributed by atoms with Gasteiger partial charge >= 0.3 is 5.97 Å². The topological polar surface area (TPSA) is 60.4 Å². The molecule has 2 aliphatic rings. The minimum atomic E-state index is -0.303. The molecular formula is C12H14O4. The smallest absolute Gasteiger partial charge is 0.314 e. The molecule has 0 amide bonds. The second-order valence-corrected chi connectivity index (χ2v) is 4.33. The summed E-state index contributed by atoms with van der Waals surface area (Å²) in [4.78, 5) is 34.3. The summed E-state index contributed by atoms with van der Waals surface area (Å²) >= 11 is 0. The van der Waals surface area contributed by atoms with Gasteiger partial charge in [0.2, 0.25) is 0 Å². The van der Waals surface area contributed by atoms with E-state index >= 15 is 0 Å². The summed E-state index contributed by atoms with van der Waals surface area (Å²) in [6, 6.07) is 0. The van der Waals surface area contributed by atoms with E-state index < -0.39 is 0 Å². The molecule has 0 radical (unpaired) electrons. The Morgan fingerprint density at radius 1 is 1.25 bits per heavy atom. The molecule has 4 heteroatoms. The molecule has 0 heterocycles. The van der Waals surface area contributed by atoms with Crippen molar-refractivity contribution >= 4 is 17.5 Å². The van der Waals surface area contributed by atoms with Gasteiger partial charge in [-0.25, -0.2) is 0 Å². The van der Waals surface area contributed by atoms with Crippen LogP contribution < -0.4 is 0 Å². The number of ketones is 2. The predicted octanol–water partition coefficient (Wildman–Crippen LogP) is 1.54. The van der Waals surface area contributed by atoms with Gasteiger partial charge in [0.15, 0.2) is 11.6 Å². The van der Waals surface area contributed by atoms with Gasteiger partial charge in [-0.15, -0.1) is 0 Å². The van der Waals surface area contributed by atoms with Crippen molar-refractivity contribution in [3.05, 3.63) is 11.3 Å². The van der Waals surface area contributed by atoms with Crippen LogP contribution in [0.1, 0.15) is 39.0 Å². The first-order valence-electron chi connectivity index (χ1n) is 5.58. The summed E-state index contributed by atoms with van der Waals surface area (Å²) in [5, 5.41) is 0. The van der Waals surface area contributed by atoms with Crippen molar-refractivity contribution in [1.29, 1.82) is 0 Å². The molecule has 2 aliphatic carbocycles. The highest BCUT2D eigenvalue weighted by atomic mass is 16.5. The Labute approximate surface area is 93.7 Å². The summed E-state index contributed by atoms with van der Waals surface area (Å²) in [7, 11) is 0. The number of ether oxygens (including phenoxy) is 1. The Morgan fingerprint density at radius 2 is 1.94 bits per heavy atom. The number of esters is 1. The molecule has 0 atom stereocenters. The average Bonchev–Trinajstić information content (AvgIpc) is 2.99. The van der Waals surface area contributed by atoms with Gasteiger partial charge < -0.3 is 4.74 Å². The van der Waals surface area contributed by atoms with Crippen LogP contribution in [0.15, 0.2) is 11.3 Å². The van der Waals surface area contributed by atoms with Crippen molar-refractivity contribution in [3.63, 3.8) is 0 Å². The average molecular weight is 222 g/mol. The maximum Gasteiger partial charge on any atom is 0.314 e. The Balaban J connectivity index is 2.19. The molecule has 1 fully saturated rings. The Hall–Kier alpha value is -1.45. The van der Waals surface area contributed by atoms with Crippen molar-refractivity contribution in [2.75, 3.05) is 0 Å². The third-order valence-electron chi connectivity index (χ3n) is 2.85. The minimum absolute atomic E-state index is 0.0160. The number of hydrogen-bond acceptors (Lipinski definition) is 4. The standard InChI is InChI=1S/C12H14O4/c1-7(13)11-9(14)3-2-4-10(11)16-12(15)8-5-6-8/h8H,2-6H2,1H3. The minimum Gasteiger partial charge on any atom is -0.430 e. The normalized spacial score (nSPS) is 20.9. The lowest BCUT2D eigenvalue weighted by molar-refractivity contribution is -0.141. The molecule has 0 aliphatic heterocycles. The van der Waals surface area contributed by atoms with E-state index in [1.165, 1.54) is 6.92 Å². The van der Waals surface area contributed by atoms with Gasteiger partial charge in [0.25, 0.3) is 0 Å². The summed E-state index contributed by atoms with van der Waals surface area (Å²) in [5.74, 6) is -0.512. The molecule has 1 saturated carbocycles. The first-order chi connectivity index (χ1) is 7.59. The zero-order chi connectivity index (χ0) is 11.7. The number of rotatable bonds is 3. The van der Waals surface area contributed by atoms with Gasteiger partial charge in [0.05, 0.1) is 11.5 Å². The maximum atomic E-state index is 11.5. The number of allylic oxidation sites excluding steroid dienone is 2. The molecule has 0 aromatic rings. The number of hydrogen-bond donors (Lipinski definition) is 0. The molecule has 4 nitrogen and oxygen atoms in total. The van der Waals surface area contributed by atoms with E-state index in [1.54, 1.807) is 0 Å². The van der Waals surface area contributed by atoms with E-state index in [9.17, 15) is 14.4 Å². The van der Waals surface area contributed by atoms with Crippen molar-refractivity contribution in [1.82, 2.24) is 0 Å². The second kappa shape index (κ2) is 4.20. The highest BCUT2D eigenvalue weighted by molar-refractivity contribution is 6.20. The molecule has 0 N–H and O–H groups in total. The van der Waals surface area contributed by atoms with Crippen LogP contribution in [0.2, 0.25) is 0 Å². The summed E-state index contributed by atoms with van der Waals surface area (Å²) in [5.41, 5.74) is 0.0975. The van der Waals surface area contributed by atoms with Crippen LogP contribution in [0.3, 0.4) is 0 Å². The van der Waals surface area contributed by atoms with E-state index in [0.29, 0.717) is 25.0 Å². The molecule has 0 aromatic heterocycles. The van der Waals surface area contributed by atoms with Crippen LogP contribution >= 0.6 is 0 Å². The van der Waals surface area contributed by atoms with Crippen LogP contribution in [-0.4, -0.2) is 17.5 Å². The van der Waals surface area contributed by atoms with Crippen molar-refractivity contribution in [2.24, 2.45) is 5.92 Å². The number of carbonyl (C=O) groups is 3. The Kier molecular flexibility index (Phi) is 2.90. The molecule has 86 valence electrons. The van der Waals surface area contributed by atoms with Gasteiger partial charge in [-0.05, 0) is 26.2 Å². The highest BCUT2D eigenvalue weighted by Crippen LogP contribution is 2.33. The largest absolute Gasteiger partial charge is 0.430 e. The number of Topliss-reactive ketones (excluding diaryl/α,β-unsaturated/α-hetero) is 2. The molecular weight excluding hydrogens is 208 g/mol. The van der Waals surface area contributed by atoms with Crippen LogP contribution in [0, 0.1) is 5.92 Å². The molecule has 0 unspecified atom stereocenters. The van der Waals surface area contributed by atoms with Crippen LogP contribution in [0.25, 0.3) is 0 Å². The fourth-order valence-corrected chi connectivity index (χ4v) is 1.83. The van der Waals surface area contributed by atoms with Crippen molar-refractivity contribution in [2.45, 2.75) is 39.0 Å². The molecule has 2 rings (SSSR count). The molecule has 0 spiro atoms. The lowest BCUT2D eigenvalue weighted by Crippen LogP contribution is -2.20. The second-order valence-electron chi connectivity index (χ2n) is 4.33. The molecule has 0 saturated heterocycles. The highest BCUT2D eigenvalue weighted by Gasteiger charge is 2.34. The van der Waals surface area contributed by atoms with Gasteiger partial charge in [0, 0.05) is 12.8 Å². The van der Waals surface area contributed by atoms with Crippen LogP contribution in [-0.2, 0) is 19.1 Å². The Morgan fingerprint density at radius 3 is 2.50 bits per heavy atom. The fraction of sp³-hybridized carbons (Fsp3) is 0.583. The van der Waals surface area contributed by atoms with Gasteiger partial charge in [-0.3, -0.25) is 14.4 Å². The maximum absolute atomic E-state index is 11.5. The van der Waals surface area contributed by atoms with Crippen molar-refractivity contribution in [3.8, 4) is 0 Å². The summed E-state index contributed by atoms with van der Waals surface area (Å²) in [6.07, 6.45) is 3.26. The first kappa shape index (κ1) is 11.0. The molecule has 0 bridgehead atoms. The lowest BCUT2D eigenvalue weighted by atomic mass is 9.94. The van der Waals surface area contributed by atoms with E-state index in [2.05, 4.69) is 0 Å². The van der Waals surface area contributed by atoms with E-state index in [1.807, 2.05) is 0 Å². The summed E-state index contributed by atoms with van der Waals surface area (Å²) in [6.45, 7) is 1.34. The molecule has 16 heavy (non-hydrogen) atoms. The third-order valence-corrected chi connectivity index (χ3v) is 2.85. The fourth-order valence-electron chi connectivity index (χ4n) is 1.83. The van der Waals surface area contributed by atoms with E-state index in [-0.39, 0.29) is 29.0 Å². The molecule has 0 aromatic carbocycles. The van der Waals surface area contributed by atoms with E-state index in [0.717, 1.165) is 12.8 Å².